The van der Waals surface area contributed by atoms with E-state index in [0.717, 1.165) is 53.2 Å². The van der Waals surface area contributed by atoms with Gasteiger partial charge in [-0.15, -0.1) is 0 Å². The van der Waals surface area contributed by atoms with E-state index in [1.807, 2.05) is 42.2 Å². The van der Waals surface area contributed by atoms with E-state index >= 15 is 0 Å². The zero-order valence-corrected chi connectivity index (χ0v) is 54.1. The molecule has 0 saturated carbocycles. The van der Waals surface area contributed by atoms with E-state index in [9.17, 15) is 67.7 Å². The maximum absolute atomic E-state index is 13.8. The van der Waals surface area contributed by atoms with E-state index in [1.165, 1.54) is 24.3 Å². The predicted octanol–water partition coefficient (Wildman–Crippen LogP) is -0.558. The highest BCUT2D eigenvalue weighted by molar-refractivity contribution is 8.13. The minimum absolute atomic E-state index is 0.00647. The van der Waals surface area contributed by atoms with Gasteiger partial charge < -0.3 is 93.0 Å². The highest BCUT2D eigenvalue weighted by atomic mass is 32.2. The lowest BCUT2D eigenvalue weighted by Gasteiger charge is -2.24. The van der Waals surface area contributed by atoms with Crippen LogP contribution < -0.4 is 58.9 Å². The Bertz CT molecular complexity index is 3100. The number of carboxylic acid groups (broad SMARTS) is 1. The number of amides is 11. The number of primary amides is 1. The SMILES string of the molecule is [N-]=[N+]=NCC(=O)Sc1ccc(C(=O)NCCC(NC(=O)CCCc2c[nH]c3ccccc23)C(=O)NC(CC(=O)O)C(=O)NC(CO)C(=O)NCCOCCOCC(=O)NCCOCCOCC(=O)NC(CCCCNC(=O)CCCC[C@@H]2SC[C@@H]3NC(=O)N[C@@H]32)C(N)=O)cc1. The number of carbonyl (C=O) groups is 12. The summed E-state index contributed by atoms with van der Waals surface area (Å²) >= 11 is 2.65. The van der Waals surface area contributed by atoms with E-state index in [4.69, 9.17) is 30.2 Å². The Kier molecular flexibility index (Phi) is 35.3. The largest absolute Gasteiger partial charge is 0.481 e. The number of azide groups is 1. The number of aliphatic hydroxyl groups is 1. The summed E-state index contributed by atoms with van der Waals surface area (Å²) in [5, 5.41) is 50.1. The van der Waals surface area contributed by atoms with E-state index in [2.05, 4.69) is 68.2 Å². The fourth-order valence-electron chi connectivity index (χ4n) is 9.83. The number of H-pyrrole nitrogens is 1. The number of aryl methyl sites for hydroxylation is 1. The maximum atomic E-state index is 13.8. The number of benzene rings is 2. The number of aliphatic hydroxyl groups excluding tert-OH is 1. The topological polar surface area (TPSA) is 493 Å². The zero-order valence-electron chi connectivity index (χ0n) is 52.5. The number of ether oxygens (including phenoxy) is 4. The first-order valence-electron chi connectivity index (χ1n) is 31.1. The quantitative estimate of drug-likeness (QED) is 0.00842. The van der Waals surface area contributed by atoms with Gasteiger partial charge in [0.05, 0.1) is 71.3 Å². The van der Waals surface area contributed by atoms with Gasteiger partial charge in [-0.25, -0.2) is 4.79 Å². The van der Waals surface area contributed by atoms with Crippen molar-refractivity contribution in [1.82, 2.24) is 58.2 Å². The summed E-state index contributed by atoms with van der Waals surface area (Å²) in [5.41, 5.74) is 16.0. The maximum Gasteiger partial charge on any atom is 0.315 e. The van der Waals surface area contributed by atoms with E-state index in [-0.39, 0.29) is 128 Å². The third kappa shape index (κ3) is 29.7. The summed E-state index contributed by atoms with van der Waals surface area (Å²) in [7, 11) is 0. The number of carbonyl (C=O) groups excluding carboxylic acids is 11. The lowest BCUT2D eigenvalue weighted by molar-refractivity contribution is -0.141. The van der Waals surface area contributed by atoms with Gasteiger partial charge in [-0.3, -0.25) is 52.7 Å². The van der Waals surface area contributed by atoms with E-state index in [0.29, 0.717) is 48.8 Å². The van der Waals surface area contributed by atoms with Crippen LogP contribution in [0.3, 0.4) is 0 Å². The van der Waals surface area contributed by atoms with Gasteiger partial charge in [0.15, 0.2) is 5.12 Å². The van der Waals surface area contributed by atoms with Crippen LogP contribution in [0.25, 0.3) is 21.3 Å². The van der Waals surface area contributed by atoms with Crippen molar-refractivity contribution in [3.8, 4) is 0 Å². The molecule has 3 heterocycles. The molecule has 35 heteroatoms. The fraction of sp³-hybridized carbons (Fsp3) is 0.567. The van der Waals surface area contributed by atoms with Crippen molar-refractivity contribution in [1.29, 1.82) is 0 Å². The van der Waals surface area contributed by atoms with Crippen LogP contribution in [0.1, 0.15) is 86.6 Å². The number of thioether (sulfide) groups is 2. The molecule has 0 spiro atoms. The van der Waals surface area contributed by atoms with Crippen molar-refractivity contribution >= 4 is 105 Å². The lowest BCUT2D eigenvalue weighted by Crippen LogP contribution is -2.58. The van der Waals surface area contributed by atoms with Gasteiger partial charge in [0, 0.05) is 82.5 Å². The fourth-order valence-corrected chi connectivity index (χ4v) is 12.0. The van der Waals surface area contributed by atoms with Crippen LogP contribution in [0, 0.1) is 0 Å². The van der Waals surface area contributed by atoms with Gasteiger partial charge in [0.1, 0.15) is 37.4 Å². The van der Waals surface area contributed by atoms with Gasteiger partial charge in [-0.2, -0.15) is 11.8 Å². The molecule has 11 amide bonds. The molecule has 15 N–H and O–H groups in total. The summed E-state index contributed by atoms with van der Waals surface area (Å²) < 4.78 is 21.5. The first-order chi connectivity index (χ1) is 45.8. The number of urea groups is 1. The molecule has 95 heavy (non-hydrogen) atoms. The number of nitrogens with two attached hydrogens (primary N) is 1. The standard InChI is InChI=1S/C60H85N15O18S2/c61-55(84)42(11-5-6-20-63-48(77)13-4-3-12-47-54-46(36-94-47)73-60(89)74-54)69-51(80)35-93-29-27-90-24-22-64-50(79)34-92-28-26-91-25-23-66-57(86)45(33-76)72-59(88)44(30-52(81)82)71-58(87)43(70-49(78)14-7-8-38-31-67-41-10-2-1-9-40(38)41)19-21-65-56(85)37-15-17-39(18-16-37)95-53(83)32-68-75-62/h1-2,9-10,15-18,31,42-47,54,67,76H,3-8,11-14,19-30,32-36H2,(H2,61,84)(H,63,77)(H,64,79)(H,65,85)(H,66,86)(H,69,80)(H,70,78)(H,71,87)(H,72,88)(H,81,82)(H2,73,74,89)/t42?,43?,44?,45?,46-,47-,54-/m0/s1. The van der Waals surface area contributed by atoms with Crippen LogP contribution in [-0.2, 0) is 73.3 Å². The first kappa shape index (κ1) is 77.1. The number of carboxylic acids is 1. The van der Waals surface area contributed by atoms with Crippen LogP contribution in [0.4, 0.5) is 4.79 Å². The minimum Gasteiger partial charge on any atom is -0.481 e. The molecule has 5 rings (SSSR count). The molecule has 2 aliphatic heterocycles. The molecule has 0 bridgehead atoms. The Morgan fingerprint density at radius 2 is 1.34 bits per heavy atom. The monoisotopic (exact) mass is 1370 g/mol. The highest BCUT2D eigenvalue weighted by Crippen LogP contribution is 2.33. The zero-order chi connectivity index (χ0) is 68.7. The lowest BCUT2D eigenvalue weighted by atomic mass is 10.0. The molecule has 2 aromatic carbocycles. The third-order valence-electron chi connectivity index (χ3n) is 14.7. The summed E-state index contributed by atoms with van der Waals surface area (Å²) in [6.07, 6.45) is 5.83. The molecule has 0 radical (unpaired) electrons. The van der Waals surface area contributed by atoms with Crippen LogP contribution in [-0.4, -0.2) is 225 Å². The van der Waals surface area contributed by atoms with Crippen LogP contribution in [0.15, 0.2) is 64.7 Å². The molecule has 3 aromatic rings. The normalized spacial score (nSPS) is 15.8. The van der Waals surface area contributed by atoms with Gasteiger partial charge in [0.25, 0.3) is 5.91 Å². The summed E-state index contributed by atoms with van der Waals surface area (Å²) in [6.45, 7) is -1.48. The van der Waals surface area contributed by atoms with Crippen LogP contribution >= 0.6 is 23.5 Å². The molecular weight excluding hydrogens is 1280 g/mol. The number of para-hydroxylation sites is 1. The molecule has 2 saturated heterocycles. The number of aromatic amines is 1. The predicted molar refractivity (Wildman–Crippen MR) is 346 cm³/mol. The van der Waals surface area contributed by atoms with Gasteiger partial charge >= 0.3 is 12.0 Å². The van der Waals surface area contributed by atoms with Crippen molar-refractivity contribution in [2.45, 2.75) is 123 Å². The van der Waals surface area contributed by atoms with Gasteiger partial charge in [-0.05, 0) is 92.8 Å². The Morgan fingerprint density at radius 1 is 0.674 bits per heavy atom. The van der Waals surface area contributed by atoms with Crippen molar-refractivity contribution in [2.75, 3.05) is 97.9 Å². The average molecular weight is 1370 g/mol. The van der Waals surface area contributed by atoms with Crippen molar-refractivity contribution in [3.05, 3.63) is 76.3 Å². The Morgan fingerprint density at radius 3 is 2.05 bits per heavy atom. The number of rotatable bonds is 48. The summed E-state index contributed by atoms with van der Waals surface area (Å²) in [5.74, 6) is -6.52. The Labute approximate surface area is 555 Å². The number of fused-ring (bicyclic) bond motifs is 2. The van der Waals surface area contributed by atoms with E-state index < -0.39 is 95.5 Å². The van der Waals surface area contributed by atoms with Crippen LogP contribution in [0.5, 0.6) is 0 Å². The summed E-state index contributed by atoms with van der Waals surface area (Å²) in [6, 6.07) is 7.98. The second kappa shape index (κ2) is 43.4. The second-order valence-electron chi connectivity index (χ2n) is 21.9. The third-order valence-corrected chi connectivity index (χ3v) is 17.0. The Balaban J connectivity index is 0.905. The first-order valence-corrected chi connectivity index (χ1v) is 33.0. The number of hydrogen-bond donors (Lipinski definition) is 14. The molecule has 2 fully saturated rings. The molecule has 0 aliphatic carbocycles. The minimum atomic E-state index is -1.81. The highest BCUT2D eigenvalue weighted by Gasteiger charge is 2.42. The number of aliphatic carboxylic acids is 1. The Hall–Kier alpha value is -8.57. The molecule has 520 valence electrons. The molecule has 7 atom stereocenters. The van der Waals surface area contributed by atoms with Crippen molar-refractivity contribution < 1.29 is 86.7 Å². The van der Waals surface area contributed by atoms with Gasteiger partial charge in [0.2, 0.25) is 47.3 Å². The number of hydrogen-bond acceptors (Lipinski definition) is 20. The van der Waals surface area contributed by atoms with Crippen LogP contribution in [0.2, 0.25) is 0 Å². The van der Waals surface area contributed by atoms with E-state index in [1.54, 1.807) is 0 Å². The molecule has 4 unspecified atom stereocenters. The smallest absolute Gasteiger partial charge is 0.315 e. The number of unbranched alkanes of at least 4 members (excludes halogenated alkanes) is 2. The molecular formula is C60H85N15O18S2. The molecule has 1 aromatic heterocycles. The van der Waals surface area contributed by atoms with Gasteiger partial charge in [-0.1, -0.05) is 41.5 Å². The second-order valence-corrected chi connectivity index (χ2v) is 24.3. The van der Waals surface area contributed by atoms with Crippen molar-refractivity contribution in [2.24, 2.45) is 10.8 Å². The number of nitrogens with zero attached hydrogens (tertiary/aromatic N) is 3. The van der Waals surface area contributed by atoms with Crippen molar-refractivity contribution in [3.63, 3.8) is 0 Å². The summed E-state index contributed by atoms with van der Waals surface area (Å²) in [4.78, 5) is 157. The number of nitrogens with one attached hydrogen (secondary N) is 11. The number of aromatic nitrogens is 1. The molecule has 33 nitrogen and oxygen atoms in total. The average Bonchev–Trinajstić information content (AvgIpc) is 1.73. The molecule has 2 aliphatic rings.